The summed E-state index contributed by atoms with van der Waals surface area (Å²) < 4.78 is 7.50. The summed E-state index contributed by atoms with van der Waals surface area (Å²) in [6.07, 6.45) is 3.46. The monoisotopic (exact) mass is 459 g/mol. The van der Waals surface area contributed by atoms with E-state index in [1.54, 1.807) is 12.4 Å². The summed E-state index contributed by atoms with van der Waals surface area (Å²) in [5.74, 6) is 1.55. The summed E-state index contributed by atoms with van der Waals surface area (Å²) in [6.45, 7) is 6.57. The predicted molar refractivity (Wildman–Crippen MR) is 131 cm³/mol. The van der Waals surface area contributed by atoms with Gasteiger partial charge in [-0.25, -0.2) is 0 Å². The second-order valence-corrected chi connectivity index (χ2v) is 8.41. The molecule has 0 aliphatic heterocycles. The Kier molecular flexibility index (Phi) is 7.04. The lowest BCUT2D eigenvalue weighted by molar-refractivity contribution is -0.113. The van der Waals surface area contributed by atoms with Crippen LogP contribution in [0.4, 0.5) is 5.69 Å². The number of aromatic nitrogens is 4. The van der Waals surface area contributed by atoms with E-state index in [1.807, 2.05) is 79.9 Å². The minimum Gasteiger partial charge on any atom is -0.494 e. The maximum absolute atomic E-state index is 12.6. The van der Waals surface area contributed by atoms with Gasteiger partial charge in [0, 0.05) is 29.3 Å². The zero-order chi connectivity index (χ0) is 23.2. The van der Waals surface area contributed by atoms with E-state index in [-0.39, 0.29) is 11.7 Å². The van der Waals surface area contributed by atoms with Gasteiger partial charge in [-0.2, -0.15) is 0 Å². The first-order valence-corrected chi connectivity index (χ1v) is 11.6. The second-order valence-electron chi connectivity index (χ2n) is 7.47. The smallest absolute Gasteiger partial charge is 0.234 e. The van der Waals surface area contributed by atoms with Gasteiger partial charge >= 0.3 is 0 Å². The van der Waals surface area contributed by atoms with E-state index in [2.05, 4.69) is 20.5 Å². The largest absolute Gasteiger partial charge is 0.494 e. The van der Waals surface area contributed by atoms with Crippen molar-refractivity contribution in [3.8, 4) is 22.8 Å². The topological polar surface area (TPSA) is 81.9 Å². The number of nitrogens with zero attached hydrogens (tertiary/aromatic N) is 4. The van der Waals surface area contributed by atoms with Crippen LogP contribution in [0.2, 0.25) is 0 Å². The number of thioether (sulfide) groups is 1. The number of aryl methyl sites for hydroxylation is 2. The fraction of sp³-hybridized carbons (Fsp3) is 0.200. The van der Waals surface area contributed by atoms with Gasteiger partial charge in [-0.3, -0.25) is 14.3 Å². The molecule has 2 aromatic carbocycles. The Morgan fingerprint density at radius 1 is 1.09 bits per heavy atom. The molecule has 2 heterocycles. The van der Waals surface area contributed by atoms with Gasteiger partial charge in [0.15, 0.2) is 11.0 Å². The summed E-state index contributed by atoms with van der Waals surface area (Å²) in [7, 11) is 0. The lowest BCUT2D eigenvalue weighted by Gasteiger charge is -2.12. The van der Waals surface area contributed by atoms with Crippen molar-refractivity contribution in [1.82, 2.24) is 19.7 Å². The average Bonchev–Trinajstić information content (AvgIpc) is 3.25. The molecule has 4 aromatic rings. The second kappa shape index (κ2) is 10.3. The fourth-order valence-corrected chi connectivity index (χ4v) is 4.16. The molecule has 8 heteroatoms. The highest BCUT2D eigenvalue weighted by atomic mass is 32.2. The van der Waals surface area contributed by atoms with Gasteiger partial charge in [-0.05, 0) is 68.8 Å². The number of ether oxygens (including phenoxy) is 1. The van der Waals surface area contributed by atoms with Crippen molar-refractivity contribution in [3.63, 3.8) is 0 Å². The molecule has 4 rings (SSSR count). The number of nitrogens with one attached hydrogen (secondary N) is 1. The molecule has 1 N–H and O–H groups in total. The molecule has 0 spiro atoms. The van der Waals surface area contributed by atoms with Crippen LogP contribution in [0.1, 0.15) is 18.1 Å². The van der Waals surface area contributed by atoms with E-state index in [0.717, 1.165) is 33.8 Å². The Morgan fingerprint density at radius 2 is 1.91 bits per heavy atom. The van der Waals surface area contributed by atoms with Crippen LogP contribution in [-0.4, -0.2) is 38.0 Å². The van der Waals surface area contributed by atoms with E-state index < -0.39 is 0 Å². The van der Waals surface area contributed by atoms with Gasteiger partial charge in [0.05, 0.1) is 12.4 Å². The van der Waals surface area contributed by atoms with Crippen molar-refractivity contribution in [2.75, 3.05) is 17.7 Å². The van der Waals surface area contributed by atoms with Crippen LogP contribution >= 0.6 is 11.8 Å². The quantitative estimate of drug-likeness (QED) is 0.370. The Labute approximate surface area is 197 Å². The standard InChI is InChI=1S/C25H25N5O2S/c1-4-32-21-10-8-20(9-11-21)30-24(19-6-5-13-26-15-19)28-29-25(30)33-16-23(31)27-22-12-7-17(2)14-18(22)3/h5-15H,4,16H2,1-3H3,(H,27,31). The number of amides is 1. The van der Waals surface area contributed by atoms with E-state index >= 15 is 0 Å². The first-order valence-electron chi connectivity index (χ1n) is 10.6. The molecular formula is C25H25N5O2S. The Morgan fingerprint density at radius 3 is 2.61 bits per heavy atom. The minimum atomic E-state index is -0.101. The molecule has 0 aliphatic carbocycles. The molecule has 0 bridgehead atoms. The highest BCUT2D eigenvalue weighted by Gasteiger charge is 2.18. The third-order valence-corrected chi connectivity index (χ3v) is 5.88. The third kappa shape index (κ3) is 5.40. The highest BCUT2D eigenvalue weighted by molar-refractivity contribution is 7.99. The first-order chi connectivity index (χ1) is 16.0. The number of hydrogen-bond acceptors (Lipinski definition) is 6. The third-order valence-electron chi connectivity index (χ3n) is 4.95. The summed E-state index contributed by atoms with van der Waals surface area (Å²) in [5, 5.41) is 12.4. The molecule has 0 radical (unpaired) electrons. The van der Waals surface area contributed by atoms with Crippen LogP contribution in [0.5, 0.6) is 5.75 Å². The predicted octanol–water partition coefficient (Wildman–Crippen LogP) is 5.08. The zero-order valence-corrected chi connectivity index (χ0v) is 19.6. The Hall–Kier alpha value is -3.65. The summed E-state index contributed by atoms with van der Waals surface area (Å²) in [4.78, 5) is 16.9. The average molecular weight is 460 g/mol. The Bertz CT molecular complexity index is 1240. The van der Waals surface area contributed by atoms with E-state index in [0.29, 0.717) is 17.6 Å². The maximum Gasteiger partial charge on any atom is 0.234 e. The fourth-order valence-electron chi connectivity index (χ4n) is 3.41. The molecular weight excluding hydrogens is 434 g/mol. The van der Waals surface area contributed by atoms with E-state index in [4.69, 9.17) is 4.74 Å². The molecule has 168 valence electrons. The van der Waals surface area contributed by atoms with E-state index in [9.17, 15) is 4.79 Å². The molecule has 1 amide bonds. The lowest BCUT2D eigenvalue weighted by Crippen LogP contribution is -2.15. The van der Waals surface area contributed by atoms with Crippen LogP contribution in [0, 0.1) is 13.8 Å². The molecule has 0 saturated heterocycles. The molecule has 7 nitrogen and oxygen atoms in total. The molecule has 2 aromatic heterocycles. The zero-order valence-electron chi connectivity index (χ0n) is 18.8. The number of pyridine rings is 1. The van der Waals surface area contributed by atoms with Gasteiger partial charge in [0.1, 0.15) is 5.75 Å². The van der Waals surface area contributed by atoms with E-state index in [1.165, 1.54) is 11.8 Å². The van der Waals surface area contributed by atoms with Crippen molar-refractivity contribution < 1.29 is 9.53 Å². The number of carbonyl (C=O) groups excluding carboxylic acids is 1. The van der Waals surface area contributed by atoms with Crippen molar-refractivity contribution in [3.05, 3.63) is 78.1 Å². The molecule has 0 atom stereocenters. The van der Waals surface area contributed by atoms with Gasteiger partial charge in [0.25, 0.3) is 0 Å². The summed E-state index contributed by atoms with van der Waals surface area (Å²) >= 11 is 1.33. The van der Waals surface area contributed by atoms with Crippen molar-refractivity contribution >= 4 is 23.4 Å². The van der Waals surface area contributed by atoms with Gasteiger partial charge in [-0.1, -0.05) is 29.5 Å². The Balaban J connectivity index is 1.58. The number of rotatable bonds is 8. The van der Waals surface area contributed by atoms with Crippen molar-refractivity contribution in [2.45, 2.75) is 25.9 Å². The molecule has 33 heavy (non-hydrogen) atoms. The highest BCUT2D eigenvalue weighted by Crippen LogP contribution is 2.29. The maximum atomic E-state index is 12.6. The SMILES string of the molecule is CCOc1ccc(-n2c(SCC(=O)Nc3ccc(C)cc3C)nnc2-c2cccnc2)cc1. The summed E-state index contributed by atoms with van der Waals surface area (Å²) in [5.41, 5.74) is 4.72. The summed E-state index contributed by atoms with van der Waals surface area (Å²) in [6, 6.07) is 17.5. The number of benzene rings is 2. The first kappa shape index (κ1) is 22.5. The minimum absolute atomic E-state index is 0.101. The van der Waals surface area contributed by atoms with Crippen LogP contribution in [-0.2, 0) is 4.79 Å². The van der Waals surface area contributed by atoms with Crippen molar-refractivity contribution in [2.24, 2.45) is 0 Å². The number of carbonyl (C=O) groups is 1. The van der Waals surface area contributed by atoms with Crippen molar-refractivity contribution in [1.29, 1.82) is 0 Å². The molecule has 0 aliphatic rings. The normalized spacial score (nSPS) is 10.8. The molecule has 0 unspecified atom stereocenters. The van der Waals surface area contributed by atoms with Gasteiger partial charge in [0.2, 0.25) is 5.91 Å². The van der Waals surface area contributed by atoms with Gasteiger partial charge < -0.3 is 10.1 Å². The molecule has 0 saturated carbocycles. The number of hydrogen-bond donors (Lipinski definition) is 1. The van der Waals surface area contributed by atoms with Crippen LogP contribution in [0.3, 0.4) is 0 Å². The van der Waals surface area contributed by atoms with Crippen LogP contribution in [0.15, 0.2) is 72.1 Å². The lowest BCUT2D eigenvalue weighted by atomic mass is 10.1. The molecule has 0 fully saturated rings. The van der Waals surface area contributed by atoms with Crippen LogP contribution in [0.25, 0.3) is 17.1 Å². The van der Waals surface area contributed by atoms with Crippen LogP contribution < -0.4 is 10.1 Å². The van der Waals surface area contributed by atoms with Gasteiger partial charge in [-0.15, -0.1) is 10.2 Å². The number of anilines is 1.